The summed E-state index contributed by atoms with van der Waals surface area (Å²) in [5.41, 5.74) is 0.875. The van der Waals surface area contributed by atoms with Crippen LogP contribution >= 0.6 is 23.4 Å². The number of carbonyl (C=O) groups is 4. The van der Waals surface area contributed by atoms with Crippen molar-refractivity contribution < 1.29 is 33.0 Å². The van der Waals surface area contributed by atoms with Crippen molar-refractivity contribution in [2.24, 2.45) is 0 Å². The number of halogens is 2. The van der Waals surface area contributed by atoms with Gasteiger partial charge in [-0.3, -0.25) is 24.1 Å². The van der Waals surface area contributed by atoms with Gasteiger partial charge in [-0.1, -0.05) is 11.6 Å². The van der Waals surface area contributed by atoms with Crippen LogP contribution in [-0.2, 0) is 14.4 Å². The number of rotatable bonds is 9. The van der Waals surface area contributed by atoms with Crippen molar-refractivity contribution in [1.82, 2.24) is 9.80 Å². The van der Waals surface area contributed by atoms with Crippen LogP contribution in [-0.4, -0.2) is 65.6 Å². The molecule has 200 valence electrons. The first-order chi connectivity index (χ1) is 18.2. The van der Waals surface area contributed by atoms with Gasteiger partial charge < -0.3 is 19.7 Å². The first-order valence-corrected chi connectivity index (χ1v) is 13.1. The molecule has 2 aromatic rings. The zero-order valence-corrected chi connectivity index (χ0v) is 22.1. The maximum absolute atomic E-state index is 13.1. The van der Waals surface area contributed by atoms with Gasteiger partial charge in [0.05, 0.1) is 16.5 Å². The van der Waals surface area contributed by atoms with E-state index in [2.05, 4.69) is 5.32 Å². The summed E-state index contributed by atoms with van der Waals surface area (Å²) in [4.78, 5) is 52.8. The molecule has 0 unspecified atom stereocenters. The lowest BCUT2D eigenvalue weighted by molar-refractivity contribution is -0.135. The number of hydrogen-bond acceptors (Lipinski definition) is 7. The highest BCUT2D eigenvalue weighted by Gasteiger charge is 2.37. The van der Waals surface area contributed by atoms with Gasteiger partial charge in [-0.2, -0.15) is 0 Å². The summed E-state index contributed by atoms with van der Waals surface area (Å²) in [6.07, 6.45) is 3.31. The molecule has 9 nitrogen and oxygen atoms in total. The standard InChI is InChI=1S/C26H25ClFN3O6S/c1-2-36-20-12-16(11-19(27)24(20)37-15-22(32)29-18-7-5-17(28)6-8-18)13-21-25(34)31(26(35)38-21)14-23(33)30-9-3-4-10-30/h5-8,11-13H,2-4,9-10,14-15H2,1H3,(H,29,32)/b21-13+. The second kappa shape index (κ2) is 12.3. The summed E-state index contributed by atoms with van der Waals surface area (Å²) in [5.74, 6) is -1.35. The van der Waals surface area contributed by atoms with Gasteiger partial charge in [0.1, 0.15) is 12.4 Å². The largest absolute Gasteiger partial charge is 0.490 e. The highest BCUT2D eigenvalue weighted by molar-refractivity contribution is 8.18. The van der Waals surface area contributed by atoms with Crippen LogP contribution in [0.1, 0.15) is 25.3 Å². The lowest BCUT2D eigenvalue weighted by Gasteiger charge is -2.18. The number of likely N-dealkylation sites (tertiary alicyclic amines) is 1. The number of carbonyl (C=O) groups excluding carboxylic acids is 4. The molecule has 0 radical (unpaired) electrons. The molecule has 0 atom stereocenters. The van der Waals surface area contributed by atoms with E-state index in [1.165, 1.54) is 36.4 Å². The van der Waals surface area contributed by atoms with E-state index >= 15 is 0 Å². The SMILES string of the molecule is CCOc1cc(/C=C2/SC(=O)N(CC(=O)N3CCCC3)C2=O)cc(Cl)c1OCC(=O)Nc1ccc(F)cc1. The number of nitrogens with zero attached hydrogens (tertiary/aromatic N) is 2. The Bertz CT molecular complexity index is 1280. The highest BCUT2D eigenvalue weighted by atomic mass is 35.5. The van der Waals surface area contributed by atoms with Crippen LogP contribution in [0.4, 0.5) is 14.9 Å². The van der Waals surface area contributed by atoms with Crippen LogP contribution < -0.4 is 14.8 Å². The normalized spacial score (nSPS) is 16.3. The molecule has 12 heteroatoms. The van der Waals surface area contributed by atoms with Crippen molar-refractivity contribution in [1.29, 1.82) is 0 Å². The number of nitrogens with one attached hydrogen (secondary N) is 1. The van der Waals surface area contributed by atoms with Crippen LogP contribution in [0, 0.1) is 5.82 Å². The van der Waals surface area contributed by atoms with Gasteiger partial charge in [-0.15, -0.1) is 0 Å². The Balaban J connectivity index is 1.45. The first kappa shape index (κ1) is 27.5. The molecule has 4 rings (SSSR count). The Hall–Kier alpha value is -3.57. The fourth-order valence-electron chi connectivity index (χ4n) is 3.93. The van der Waals surface area contributed by atoms with Crippen molar-refractivity contribution in [3.05, 3.63) is 57.7 Å². The lowest BCUT2D eigenvalue weighted by Crippen LogP contribution is -2.40. The minimum atomic E-state index is -0.556. The third-order valence-corrected chi connectivity index (χ3v) is 6.92. The molecule has 2 aromatic carbocycles. The van der Waals surface area contributed by atoms with Crippen molar-refractivity contribution in [2.45, 2.75) is 19.8 Å². The van der Waals surface area contributed by atoms with Crippen LogP contribution in [0.5, 0.6) is 11.5 Å². The maximum atomic E-state index is 13.1. The lowest BCUT2D eigenvalue weighted by atomic mass is 10.1. The topological polar surface area (TPSA) is 105 Å². The molecular formula is C26H25ClFN3O6S. The molecule has 4 amide bonds. The Morgan fingerprint density at radius 3 is 2.53 bits per heavy atom. The number of amides is 4. The second-order valence-corrected chi connectivity index (χ2v) is 9.86. The van der Waals surface area contributed by atoms with E-state index in [1.54, 1.807) is 17.9 Å². The molecule has 2 heterocycles. The van der Waals surface area contributed by atoms with E-state index in [0.29, 0.717) is 24.3 Å². The molecule has 2 saturated heterocycles. The predicted molar refractivity (Wildman–Crippen MR) is 142 cm³/mol. The van der Waals surface area contributed by atoms with Gasteiger partial charge in [0.15, 0.2) is 18.1 Å². The maximum Gasteiger partial charge on any atom is 0.294 e. The molecule has 2 aliphatic heterocycles. The van der Waals surface area contributed by atoms with Gasteiger partial charge in [-0.25, -0.2) is 4.39 Å². The van der Waals surface area contributed by atoms with E-state index in [0.717, 1.165) is 29.5 Å². The molecule has 0 spiro atoms. The number of anilines is 1. The average Bonchev–Trinajstić information content (AvgIpc) is 3.50. The summed E-state index contributed by atoms with van der Waals surface area (Å²) >= 11 is 7.17. The third-order valence-electron chi connectivity index (χ3n) is 5.73. The number of benzene rings is 2. The Labute approximate surface area is 227 Å². The molecule has 1 N–H and O–H groups in total. The van der Waals surface area contributed by atoms with Crippen molar-refractivity contribution in [3.8, 4) is 11.5 Å². The number of thioether (sulfide) groups is 1. The van der Waals surface area contributed by atoms with E-state index in [9.17, 15) is 23.6 Å². The zero-order chi connectivity index (χ0) is 27.2. The molecule has 0 aromatic heterocycles. The molecule has 38 heavy (non-hydrogen) atoms. The van der Waals surface area contributed by atoms with Gasteiger partial charge in [0.25, 0.3) is 17.1 Å². The molecule has 2 aliphatic rings. The van der Waals surface area contributed by atoms with E-state index in [4.69, 9.17) is 21.1 Å². The quantitative estimate of drug-likeness (QED) is 0.448. The number of ether oxygens (including phenoxy) is 2. The van der Waals surface area contributed by atoms with E-state index in [1.807, 2.05) is 0 Å². The number of hydrogen-bond donors (Lipinski definition) is 1. The summed E-state index contributed by atoms with van der Waals surface area (Å²) in [7, 11) is 0. The Morgan fingerprint density at radius 1 is 1.13 bits per heavy atom. The number of imide groups is 1. The smallest absolute Gasteiger partial charge is 0.294 e. The van der Waals surface area contributed by atoms with Crippen LogP contribution in [0.15, 0.2) is 41.3 Å². The summed E-state index contributed by atoms with van der Waals surface area (Å²) in [5, 5.41) is 2.20. The molecule has 2 fully saturated rings. The molecule has 0 aliphatic carbocycles. The van der Waals surface area contributed by atoms with Gasteiger partial charge >= 0.3 is 0 Å². The van der Waals surface area contributed by atoms with Crippen LogP contribution in [0.3, 0.4) is 0 Å². The van der Waals surface area contributed by atoms with E-state index in [-0.39, 0.29) is 47.1 Å². The van der Waals surface area contributed by atoms with Gasteiger partial charge in [-0.05, 0) is 79.6 Å². The van der Waals surface area contributed by atoms with Crippen molar-refractivity contribution in [2.75, 3.05) is 38.2 Å². The van der Waals surface area contributed by atoms with E-state index < -0.39 is 22.9 Å². The summed E-state index contributed by atoms with van der Waals surface area (Å²) < 4.78 is 24.3. The summed E-state index contributed by atoms with van der Waals surface area (Å²) in [6, 6.07) is 8.38. The highest BCUT2D eigenvalue weighted by Crippen LogP contribution is 2.39. The van der Waals surface area contributed by atoms with Crippen LogP contribution in [0.2, 0.25) is 5.02 Å². The Morgan fingerprint density at radius 2 is 1.84 bits per heavy atom. The van der Waals surface area contributed by atoms with Gasteiger partial charge in [0.2, 0.25) is 5.91 Å². The minimum absolute atomic E-state index is 0.125. The first-order valence-electron chi connectivity index (χ1n) is 11.9. The van der Waals surface area contributed by atoms with Crippen molar-refractivity contribution in [3.63, 3.8) is 0 Å². The fraction of sp³-hybridized carbons (Fsp3) is 0.308. The zero-order valence-electron chi connectivity index (χ0n) is 20.5. The average molecular weight is 562 g/mol. The predicted octanol–water partition coefficient (Wildman–Crippen LogP) is 4.55. The van der Waals surface area contributed by atoms with Crippen LogP contribution in [0.25, 0.3) is 6.08 Å². The minimum Gasteiger partial charge on any atom is -0.490 e. The van der Waals surface area contributed by atoms with Crippen molar-refractivity contribution >= 4 is 58.1 Å². The molecule has 0 bridgehead atoms. The second-order valence-electron chi connectivity index (χ2n) is 8.46. The summed E-state index contributed by atoms with van der Waals surface area (Å²) in [6.45, 7) is 2.61. The van der Waals surface area contributed by atoms with Gasteiger partial charge in [0, 0.05) is 18.8 Å². The third kappa shape index (κ3) is 6.65. The molecule has 0 saturated carbocycles. The Kier molecular flexibility index (Phi) is 8.90. The monoisotopic (exact) mass is 561 g/mol. The molecular weight excluding hydrogens is 537 g/mol. The fourth-order valence-corrected chi connectivity index (χ4v) is 5.04.